The fourth-order valence-corrected chi connectivity index (χ4v) is 4.12. The Morgan fingerprint density at radius 1 is 0.853 bits per heavy atom. The van der Waals surface area contributed by atoms with Crippen molar-refractivity contribution in [2.75, 3.05) is 31.6 Å². The number of nitrogens with one attached hydrogen (secondary N) is 1. The standard InChI is InChI=1S/C30H52N2O2/c1-4-7-8-9-10-11-12-13-14-15-16-17-18-22-25-29(34-27-26-32(5-2)6-3)30(33)31-28-23-20-19-21-24-28/h13-14,19-21,23-24,29H,4-12,15-18,22,25-27H2,1-3H3,(H,31,33)/b14-13-. The summed E-state index contributed by atoms with van der Waals surface area (Å²) in [6.07, 6.45) is 20.4. The van der Waals surface area contributed by atoms with E-state index in [-0.39, 0.29) is 12.0 Å². The number of hydrogen-bond donors (Lipinski definition) is 1. The van der Waals surface area contributed by atoms with E-state index in [9.17, 15) is 4.79 Å². The number of para-hydroxylation sites is 1. The fraction of sp³-hybridized carbons (Fsp3) is 0.700. The zero-order chi connectivity index (χ0) is 24.7. The van der Waals surface area contributed by atoms with Crippen LogP contribution in [0.5, 0.6) is 0 Å². The summed E-state index contributed by atoms with van der Waals surface area (Å²) < 4.78 is 6.06. The number of carbonyl (C=O) groups is 1. The van der Waals surface area contributed by atoms with E-state index in [1.807, 2.05) is 30.3 Å². The summed E-state index contributed by atoms with van der Waals surface area (Å²) >= 11 is 0. The summed E-state index contributed by atoms with van der Waals surface area (Å²) in [7, 11) is 0. The smallest absolute Gasteiger partial charge is 0.253 e. The fourth-order valence-electron chi connectivity index (χ4n) is 4.12. The summed E-state index contributed by atoms with van der Waals surface area (Å²) in [5, 5.41) is 3.02. The van der Waals surface area contributed by atoms with Crippen LogP contribution in [0.4, 0.5) is 5.69 Å². The molecule has 0 saturated carbocycles. The Morgan fingerprint density at radius 2 is 1.44 bits per heavy atom. The maximum Gasteiger partial charge on any atom is 0.253 e. The van der Waals surface area contributed by atoms with Gasteiger partial charge in [0.05, 0.1) is 6.61 Å². The van der Waals surface area contributed by atoms with Crippen LogP contribution in [0.3, 0.4) is 0 Å². The molecule has 0 saturated heterocycles. The number of benzene rings is 1. The average molecular weight is 473 g/mol. The number of amides is 1. The maximum atomic E-state index is 12.8. The highest BCUT2D eigenvalue weighted by Gasteiger charge is 2.19. The first-order chi connectivity index (χ1) is 16.7. The summed E-state index contributed by atoms with van der Waals surface area (Å²) in [4.78, 5) is 15.2. The molecule has 1 unspecified atom stereocenters. The van der Waals surface area contributed by atoms with Crippen LogP contribution in [-0.4, -0.2) is 43.2 Å². The van der Waals surface area contributed by atoms with Crippen LogP contribution < -0.4 is 5.32 Å². The predicted molar refractivity (Wildman–Crippen MR) is 147 cm³/mol. The molecule has 0 radical (unpaired) electrons. The Bertz CT molecular complexity index is 613. The van der Waals surface area contributed by atoms with E-state index in [0.29, 0.717) is 6.61 Å². The third kappa shape index (κ3) is 16.1. The zero-order valence-corrected chi connectivity index (χ0v) is 22.4. The number of unbranched alkanes of at least 4 members (excludes halogenated alkanes) is 10. The van der Waals surface area contributed by atoms with Crippen molar-refractivity contribution >= 4 is 11.6 Å². The quantitative estimate of drug-likeness (QED) is 0.137. The Labute approximate surface area is 210 Å². The van der Waals surface area contributed by atoms with E-state index < -0.39 is 0 Å². The van der Waals surface area contributed by atoms with Gasteiger partial charge in [-0.25, -0.2) is 0 Å². The lowest BCUT2D eigenvalue weighted by Gasteiger charge is -2.21. The summed E-state index contributed by atoms with van der Waals surface area (Å²) in [5.74, 6) is -0.0247. The number of ether oxygens (including phenoxy) is 1. The van der Waals surface area contributed by atoms with Crippen molar-refractivity contribution in [1.29, 1.82) is 0 Å². The number of nitrogens with zero attached hydrogens (tertiary/aromatic N) is 1. The number of anilines is 1. The van der Waals surface area contributed by atoms with Crippen molar-refractivity contribution in [3.63, 3.8) is 0 Å². The van der Waals surface area contributed by atoms with E-state index in [4.69, 9.17) is 4.74 Å². The minimum atomic E-state index is -0.381. The predicted octanol–water partition coefficient (Wildman–Crippen LogP) is 8.00. The Balaban J connectivity index is 2.24. The molecule has 0 bridgehead atoms. The maximum absolute atomic E-state index is 12.8. The second-order valence-corrected chi connectivity index (χ2v) is 9.26. The van der Waals surface area contributed by atoms with Crippen LogP contribution in [0.15, 0.2) is 42.5 Å². The molecule has 1 aromatic carbocycles. The van der Waals surface area contributed by atoms with Gasteiger partial charge in [-0.1, -0.05) is 102 Å². The van der Waals surface area contributed by atoms with Gasteiger partial charge in [-0.15, -0.1) is 0 Å². The van der Waals surface area contributed by atoms with Gasteiger partial charge < -0.3 is 15.0 Å². The molecule has 4 heteroatoms. The lowest BCUT2D eigenvalue weighted by Crippen LogP contribution is -2.34. The second kappa shape index (κ2) is 21.9. The van der Waals surface area contributed by atoms with E-state index in [0.717, 1.165) is 44.6 Å². The molecule has 1 N–H and O–H groups in total. The minimum absolute atomic E-state index is 0.0247. The monoisotopic (exact) mass is 472 g/mol. The first-order valence-electron chi connectivity index (χ1n) is 14.1. The highest BCUT2D eigenvalue weighted by Crippen LogP contribution is 2.14. The first kappa shape index (κ1) is 30.4. The molecule has 1 rings (SSSR count). The average Bonchev–Trinajstić information content (AvgIpc) is 2.86. The first-order valence-corrected chi connectivity index (χ1v) is 14.1. The van der Waals surface area contributed by atoms with E-state index >= 15 is 0 Å². The number of likely N-dealkylation sites (N-methyl/N-ethyl adjacent to an activating group) is 1. The van der Waals surface area contributed by atoms with Crippen molar-refractivity contribution < 1.29 is 9.53 Å². The molecule has 1 atom stereocenters. The van der Waals surface area contributed by atoms with Crippen molar-refractivity contribution in [1.82, 2.24) is 4.90 Å². The molecule has 0 aliphatic rings. The molecular formula is C30H52N2O2. The van der Waals surface area contributed by atoms with Crippen LogP contribution in [0, 0.1) is 0 Å². The molecule has 194 valence electrons. The highest BCUT2D eigenvalue weighted by molar-refractivity contribution is 5.94. The van der Waals surface area contributed by atoms with Gasteiger partial charge in [0.25, 0.3) is 5.91 Å². The Kier molecular flexibility index (Phi) is 19.5. The normalized spacial score (nSPS) is 12.5. The van der Waals surface area contributed by atoms with Gasteiger partial charge in [0.2, 0.25) is 0 Å². The van der Waals surface area contributed by atoms with E-state index in [1.54, 1.807) is 0 Å². The third-order valence-electron chi connectivity index (χ3n) is 6.43. The summed E-state index contributed by atoms with van der Waals surface area (Å²) in [6, 6.07) is 9.68. The number of carbonyl (C=O) groups excluding carboxylic acids is 1. The Hall–Kier alpha value is -1.65. The number of hydrogen-bond acceptors (Lipinski definition) is 3. The molecule has 1 aromatic rings. The van der Waals surface area contributed by atoms with Crippen molar-refractivity contribution in [2.45, 2.75) is 110 Å². The highest BCUT2D eigenvalue weighted by atomic mass is 16.5. The largest absolute Gasteiger partial charge is 0.367 e. The van der Waals surface area contributed by atoms with E-state index in [2.05, 4.69) is 43.1 Å². The Morgan fingerprint density at radius 3 is 2.06 bits per heavy atom. The minimum Gasteiger partial charge on any atom is -0.367 e. The summed E-state index contributed by atoms with van der Waals surface area (Å²) in [6.45, 7) is 10.1. The molecule has 34 heavy (non-hydrogen) atoms. The van der Waals surface area contributed by atoms with Crippen molar-refractivity contribution in [3.05, 3.63) is 42.5 Å². The molecule has 0 fully saturated rings. The number of allylic oxidation sites excluding steroid dienone is 2. The molecule has 0 aliphatic carbocycles. The molecule has 0 spiro atoms. The van der Waals surface area contributed by atoms with Gasteiger partial charge >= 0.3 is 0 Å². The zero-order valence-electron chi connectivity index (χ0n) is 22.4. The van der Waals surface area contributed by atoms with Crippen LogP contribution >= 0.6 is 0 Å². The van der Waals surface area contributed by atoms with Gasteiger partial charge in [-0.2, -0.15) is 0 Å². The molecule has 0 aromatic heterocycles. The molecule has 4 nitrogen and oxygen atoms in total. The van der Waals surface area contributed by atoms with Crippen molar-refractivity contribution in [3.8, 4) is 0 Å². The van der Waals surface area contributed by atoms with Crippen LogP contribution in [-0.2, 0) is 9.53 Å². The van der Waals surface area contributed by atoms with Gasteiger partial charge in [0.1, 0.15) is 6.10 Å². The third-order valence-corrected chi connectivity index (χ3v) is 6.43. The lowest BCUT2D eigenvalue weighted by molar-refractivity contribution is -0.128. The number of rotatable bonds is 22. The van der Waals surface area contributed by atoms with E-state index in [1.165, 1.54) is 64.2 Å². The van der Waals surface area contributed by atoms with Gasteiger partial charge in [-0.05, 0) is 57.3 Å². The SMILES string of the molecule is CCCCCCCC/C=C\CCCCCCC(OCCN(CC)CC)C(=O)Nc1ccccc1. The molecular weight excluding hydrogens is 420 g/mol. The topological polar surface area (TPSA) is 41.6 Å². The van der Waals surface area contributed by atoms with Crippen LogP contribution in [0.1, 0.15) is 104 Å². The molecule has 0 aliphatic heterocycles. The van der Waals surface area contributed by atoms with Crippen LogP contribution in [0.25, 0.3) is 0 Å². The van der Waals surface area contributed by atoms with Gasteiger partial charge in [-0.3, -0.25) is 4.79 Å². The van der Waals surface area contributed by atoms with Gasteiger partial charge in [0, 0.05) is 12.2 Å². The molecule has 0 heterocycles. The van der Waals surface area contributed by atoms with Crippen molar-refractivity contribution in [2.24, 2.45) is 0 Å². The van der Waals surface area contributed by atoms with Gasteiger partial charge in [0.15, 0.2) is 0 Å². The lowest BCUT2D eigenvalue weighted by atomic mass is 10.1. The van der Waals surface area contributed by atoms with Crippen LogP contribution in [0.2, 0.25) is 0 Å². The second-order valence-electron chi connectivity index (χ2n) is 9.26. The summed E-state index contributed by atoms with van der Waals surface area (Å²) in [5.41, 5.74) is 0.831. The molecule has 1 amide bonds.